The van der Waals surface area contributed by atoms with Crippen LogP contribution in [0.2, 0.25) is 0 Å². The molecule has 0 radical (unpaired) electrons. The Morgan fingerprint density at radius 3 is 2.59 bits per heavy atom. The number of nitrogens with one attached hydrogen (secondary N) is 2. The number of halogens is 3. The molecule has 208 valence electrons. The Morgan fingerprint density at radius 1 is 1.05 bits per heavy atom. The number of fused-ring (bicyclic) bond motifs is 1. The van der Waals surface area contributed by atoms with E-state index in [0.717, 1.165) is 5.56 Å². The summed E-state index contributed by atoms with van der Waals surface area (Å²) < 4.78 is 44.9. The second kappa shape index (κ2) is 11.4. The van der Waals surface area contributed by atoms with Gasteiger partial charge >= 0.3 is 6.18 Å². The summed E-state index contributed by atoms with van der Waals surface area (Å²) in [6.07, 6.45) is -4.43. The molecular formula is C28H31F3N4O4. The fraction of sp³-hybridized carbons (Fsp3) is 0.464. The summed E-state index contributed by atoms with van der Waals surface area (Å²) in [4.78, 5) is 40.1. The SMILES string of the molecule is O=C1CCC(N2Cc3cc(O[C@@H]4CN(CCC(F)(F)F)CC[C@H]4NCc4ccccc4)ccc3C2=O)C(=O)N1. The van der Waals surface area contributed by atoms with Gasteiger partial charge in [0.1, 0.15) is 17.9 Å². The van der Waals surface area contributed by atoms with E-state index in [1.165, 1.54) is 4.90 Å². The van der Waals surface area contributed by atoms with E-state index in [4.69, 9.17) is 4.74 Å². The molecular weight excluding hydrogens is 513 g/mol. The molecule has 0 spiro atoms. The highest BCUT2D eigenvalue weighted by atomic mass is 19.4. The number of amides is 3. The van der Waals surface area contributed by atoms with Crippen molar-refractivity contribution in [2.45, 2.75) is 63.1 Å². The number of carbonyl (C=O) groups is 3. The van der Waals surface area contributed by atoms with E-state index in [1.807, 2.05) is 30.3 Å². The normalized spacial score (nSPS) is 24.0. The first-order chi connectivity index (χ1) is 18.7. The van der Waals surface area contributed by atoms with Gasteiger partial charge in [-0.2, -0.15) is 13.2 Å². The smallest absolute Gasteiger partial charge is 0.390 e. The molecule has 11 heteroatoms. The van der Waals surface area contributed by atoms with Crippen molar-refractivity contribution in [3.63, 3.8) is 0 Å². The van der Waals surface area contributed by atoms with Gasteiger partial charge in [-0.1, -0.05) is 30.3 Å². The van der Waals surface area contributed by atoms with Crippen LogP contribution in [0, 0.1) is 0 Å². The summed E-state index contributed by atoms with van der Waals surface area (Å²) in [6.45, 7) is 1.60. The summed E-state index contributed by atoms with van der Waals surface area (Å²) in [7, 11) is 0. The first kappa shape index (κ1) is 27.1. The number of nitrogens with zero attached hydrogens (tertiary/aromatic N) is 2. The number of hydrogen-bond donors (Lipinski definition) is 2. The van der Waals surface area contributed by atoms with Gasteiger partial charge in [0, 0.05) is 44.2 Å². The van der Waals surface area contributed by atoms with Crippen LogP contribution in [0.1, 0.15) is 47.2 Å². The summed E-state index contributed by atoms with van der Waals surface area (Å²) in [5, 5.41) is 5.80. The van der Waals surface area contributed by atoms with Crippen LogP contribution in [0.5, 0.6) is 5.75 Å². The lowest BCUT2D eigenvalue weighted by molar-refractivity contribution is -0.140. The number of alkyl halides is 3. The maximum absolute atomic E-state index is 13.0. The van der Waals surface area contributed by atoms with E-state index in [9.17, 15) is 27.6 Å². The molecule has 0 saturated carbocycles. The summed E-state index contributed by atoms with van der Waals surface area (Å²) in [5.41, 5.74) is 2.28. The predicted molar refractivity (Wildman–Crippen MR) is 136 cm³/mol. The Hall–Kier alpha value is -3.44. The molecule has 2 aromatic rings. The zero-order valence-electron chi connectivity index (χ0n) is 21.4. The minimum Gasteiger partial charge on any atom is -0.487 e. The third-order valence-corrected chi connectivity index (χ3v) is 7.55. The Kier molecular flexibility index (Phi) is 7.90. The molecule has 0 aliphatic carbocycles. The second-order valence-corrected chi connectivity index (χ2v) is 10.3. The largest absolute Gasteiger partial charge is 0.487 e. The van der Waals surface area contributed by atoms with Crippen molar-refractivity contribution >= 4 is 17.7 Å². The number of piperidine rings is 2. The molecule has 2 fully saturated rings. The molecule has 0 aromatic heterocycles. The quantitative estimate of drug-likeness (QED) is 0.497. The zero-order valence-corrected chi connectivity index (χ0v) is 21.4. The molecule has 2 aromatic carbocycles. The fourth-order valence-corrected chi connectivity index (χ4v) is 5.47. The van der Waals surface area contributed by atoms with Gasteiger partial charge in [-0.3, -0.25) is 24.6 Å². The summed E-state index contributed by atoms with van der Waals surface area (Å²) in [5.74, 6) is -0.578. The average Bonchev–Trinajstić information content (AvgIpc) is 3.22. The molecule has 3 amide bonds. The molecule has 0 bridgehead atoms. The van der Waals surface area contributed by atoms with Gasteiger partial charge < -0.3 is 15.0 Å². The van der Waals surface area contributed by atoms with Crippen molar-refractivity contribution < 1.29 is 32.3 Å². The third-order valence-electron chi connectivity index (χ3n) is 7.55. The molecule has 39 heavy (non-hydrogen) atoms. The van der Waals surface area contributed by atoms with Crippen LogP contribution in [-0.4, -0.2) is 71.5 Å². The third kappa shape index (κ3) is 6.59. The van der Waals surface area contributed by atoms with Crippen molar-refractivity contribution in [2.24, 2.45) is 0 Å². The molecule has 3 atom stereocenters. The number of benzene rings is 2. The molecule has 2 N–H and O–H groups in total. The highest BCUT2D eigenvalue weighted by Gasteiger charge is 2.39. The average molecular weight is 545 g/mol. The van der Waals surface area contributed by atoms with Crippen LogP contribution in [0.4, 0.5) is 13.2 Å². The van der Waals surface area contributed by atoms with Crippen LogP contribution in [-0.2, 0) is 22.7 Å². The minimum absolute atomic E-state index is 0.0813. The Morgan fingerprint density at radius 2 is 1.85 bits per heavy atom. The molecule has 2 saturated heterocycles. The Bertz CT molecular complexity index is 1220. The summed E-state index contributed by atoms with van der Waals surface area (Å²) in [6, 6.07) is 14.2. The van der Waals surface area contributed by atoms with Gasteiger partial charge in [0.2, 0.25) is 11.8 Å². The molecule has 5 rings (SSSR count). The van der Waals surface area contributed by atoms with Gasteiger partial charge in [-0.05, 0) is 48.7 Å². The summed E-state index contributed by atoms with van der Waals surface area (Å²) >= 11 is 0. The lowest BCUT2D eigenvalue weighted by atomic mass is 10.0. The zero-order chi connectivity index (χ0) is 27.6. The van der Waals surface area contributed by atoms with Gasteiger partial charge in [-0.15, -0.1) is 0 Å². The van der Waals surface area contributed by atoms with Gasteiger partial charge in [0.05, 0.1) is 6.42 Å². The van der Waals surface area contributed by atoms with Crippen molar-refractivity contribution in [3.05, 3.63) is 65.2 Å². The van der Waals surface area contributed by atoms with E-state index in [-0.39, 0.29) is 43.8 Å². The number of hydrogen-bond acceptors (Lipinski definition) is 6. The number of ether oxygens (including phenoxy) is 1. The number of likely N-dealkylation sites (tertiary alicyclic amines) is 1. The van der Waals surface area contributed by atoms with Crippen LogP contribution in [0.3, 0.4) is 0 Å². The van der Waals surface area contributed by atoms with Crippen molar-refractivity contribution in [1.82, 2.24) is 20.4 Å². The molecule has 3 aliphatic rings. The fourth-order valence-electron chi connectivity index (χ4n) is 5.47. The van der Waals surface area contributed by atoms with E-state index < -0.39 is 30.7 Å². The highest BCUT2D eigenvalue weighted by Crippen LogP contribution is 2.31. The molecule has 3 aliphatic heterocycles. The second-order valence-electron chi connectivity index (χ2n) is 10.3. The van der Waals surface area contributed by atoms with Gasteiger partial charge in [0.25, 0.3) is 5.91 Å². The van der Waals surface area contributed by atoms with Crippen LogP contribution in [0.15, 0.2) is 48.5 Å². The van der Waals surface area contributed by atoms with Gasteiger partial charge in [0.15, 0.2) is 0 Å². The number of imide groups is 1. The first-order valence-corrected chi connectivity index (χ1v) is 13.2. The monoisotopic (exact) mass is 544 g/mol. The standard InChI is InChI=1S/C28H31F3N4O4/c29-28(30,31)11-13-34-12-10-22(32-15-18-4-2-1-3-5-18)24(17-34)39-20-6-7-21-19(14-20)16-35(27(21)38)23-8-9-25(36)33-26(23)37/h1-7,14,22-24,32H,8-13,15-17H2,(H,33,36,37)/t22-,23?,24-/m1/s1. The lowest BCUT2D eigenvalue weighted by Crippen LogP contribution is -2.55. The number of rotatable bonds is 8. The number of carbonyl (C=O) groups excluding carboxylic acids is 3. The topological polar surface area (TPSA) is 91.0 Å². The highest BCUT2D eigenvalue weighted by molar-refractivity contribution is 6.05. The van der Waals surface area contributed by atoms with Crippen molar-refractivity contribution in [1.29, 1.82) is 0 Å². The van der Waals surface area contributed by atoms with E-state index in [1.54, 1.807) is 23.1 Å². The molecule has 3 heterocycles. The Balaban J connectivity index is 1.28. The van der Waals surface area contributed by atoms with E-state index in [2.05, 4.69) is 10.6 Å². The van der Waals surface area contributed by atoms with Crippen molar-refractivity contribution in [3.8, 4) is 5.75 Å². The predicted octanol–water partition coefficient (Wildman–Crippen LogP) is 3.01. The van der Waals surface area contributed by atoms with Crippen LogP contribution >= 0.6 is 0 Å². The van der Waals surface area contributed by atoms with Gasteiger partial charge in [-0.25, -0.2) is 0 Å². The van der Waals surface area contributed by atoms with Crippen molar-refractivity contribution in [2.75, 3.05) is 19.6 Å². The van der Waals surface area contributed by atoms with Crippen LogP contribution in [0.25, 0.3) is 0 Å². The van der Waals surface area contributed by atoms with E-state index >= 15 is 0 Å². The molecule has 1 unspecified atom stereocenters. The van der Waals surface area contributed by atoms with E-state index in [0.29, 0.717) is 42.9 Å². The lowest BCUT2D eigenvalue weighted by Gasteiger charge is -2.39. The van der Waals surface area contributed by atoms with Crippen LogP contribution < -0.4 is 15.4 Å². The minimum atomic E-state index is -4.22. The Labute approximate surface area is 224 Å². The maximum atomic E-state index is 13.0. The molecule has 8 nitrogen and oxygen atoms in total. The maximum Gasteiger partial charge on any atom is 0.390 e. The first-order valence-electron chi connectivity index (χ1n) is 13.2.